The van der Waals surface area contributed by atoms with Gasteiger partial charge in [0, 0.05) is 6.54 Å². The van der Waals surface area contributed by atoms with Crippen molar-refractivity contribution in [2.45, 2.75) is 19.9 Å². The van der Waals surface area contributed by atoms with Crippen LogP contribution in [0.15, 0.2) is 24.3 Å². The number of halogens is 2. The van der Waals surface area contributed by atoms with Crippen LogP contribution in [0.4, 0.5) is 14.7 Å². The molecule has 2 aromatic rings. The van der Waals surface area contributed by atoms with Crippen LogP contribution in [0.5, 0.6) is 0 Å². The highest BCUT2D eigenvalue weighted by molar-refractivity contribution is 5.31. The van der Waals surface area contributed by atoms with Crippen molar-refractivity contribution in [3.63, 3.8) is 0 Å². The van der Waals surface area contributed by atoms with Crippen LogP contribution in [-0.4, -0.2) is 15.2 Å². The molecule has 0 aliphatic carbocycles. The summed E-state index contributed by atoms with van der Waals surface area (Å²) in [5.41, 5.74) is 2.21. The zero-order chi connectivity index (χ0) is 12.3. The van der Waals surface area contributed by atoms with E-state index in [9.17, 15) is 8.78 Å². The monoisotopic (exact) mass is 238 g/mol. The Morgan fingerprint density at radius 3 is 2.76 bits per heavy atom. The van der Waals surface area contributed by atoms with Crippen LogP contribution in [0.1, 0.15) is 23.4 Å². The second kappa shape index (κ2) is 4.90. The summed E-state index contributed by atoms with van der Waals surface area (Å²) in [6.07, 6.45) is -2.63. The minimum absolute atomic E-state index is 0.184. The van der Waals surface area contributed by atoms with E-state index in [0.717, 1.165) is 11.1 Å². The molecular weight excluding hydrogens is 226 g/mol. The van der Waals surface area contributed by atoms with Crippen LogP contribution in [0.3, 0.4) is 0 Å². The van der Waals surface area contributed by atoms with Gasteiger partial charge in [0.2, 0.25) is 5.95 Å². The van der Waals surface area contributed by atoms with Gasteiger partial charge in [0.25, 0.3) is 6.43 Å². The summed E-state index contributed by atoms with van der Waals surface area (Å²) in [6.45, 7) is 2.49. The number of nitrogens with one attached hydrogen (secondary N) is 2. The van der Waals surface area contributed by atoms with Crippen molar-refractivity contribution < 1.29 is 8.78 Å². The number of anilines is 1. The highest BCUT2D eigenvalue weighted by atomic mass is 19.3. The van der Waals surface area contributed by atoms with Gasteiger partial charge >= 0.3 is 0 Å². The lowest BCUT2D eigenvalue weighted by atomic mass is 10.1. The predicted molar refractivity (Wildman–Crippen MR) is 59.8 cm³/mol. The van der Waals surface area contributed by atoms with Crippen LogP contribution < -0.4 is 5.32 Å². The van der Waals surface area contributed by atoms with E-state index in [-0.39, 0.29) is 5.95 Å². The first-order valence-corrected chi connectivity index (χ1v) is 5.15. The molecule has 0 amide bonds. The van der Waals surface area contributed by atoms with Gasteiger partial charge in [-0.15, -0.1) is 5.10 Å². The highest BCUT2D eigenvalue weighted by Gasteiger charge is 2.12. The molecule has 6 heteroatoms. The molecule has 1 aromatic heterocycles. The molecule has 0 saturated carbocycles. The van der Waals surface area contributed by atoms with Crippen LogP contribution >= 0.6 is 0 Å². The normalized spacial score (nSPS) is 10.8. The molecule has 0 unspecified atom stereocenters. The number of rotatable bonds is 4. The van der Waals surface area contributed by atoms with Gasteiger partial charge in [-0.3, -0.25) is 5.10 Å². The predicted octanol–water partition coefficient (Wildman–Crippen LogP) is 2.66. The number of aryl methyl sites for hydroxylation is 1. The number of alkyl halides is 2. The lowest BCUT2D eigenvalue weighted by Gasteiger charge is -2.05. The Morgan fingerprint density at radius 1 is 1.35 bits per heavy atom. The molecule has 0 bridgehead atoms. The topological polar surface area (TPSA) is 53.6 Å². The molecule has 90 valence electrons. The molecule has 0 fully saturated rings. The molecule has 0 aliphatic heterocycles. The van der Waals surface area contributed by atoms with Crippen molar-refractivity contribution >= 4 is 5.95 Å². The average molecular weight is 238 g/mol. The maximum Gasteiger partial charge on any atom is 0.296 e. The minimum atomic E-state index is -2.63. The third-order valence-corrected chi connectivity index (χ3v) is 2.41. The molecule has 0 spiro atoms. The van der Waals surface area contributed by atoms with Crippen molar-refractivity contribution in [1.82, 2.24) is 15.2 Å². The number of H-pyrrole nitrogens is 1. The third kappa shape index (κ3) is 2.77. The van der Waals surface area contributed by atoms with Crippen molar-refractivity contribution in [1.29, 1.82) is 0 Å². The number of hydrogen-bond donors (Lipinski definition) is 2. The average Bonchev–Trinajstić information content (AvgIpc) is 2.77. The van der Waals surface area contributed by atoms with Gasteiger partial charge in [-0.2, -0.15) is 4.98 Å². The summed E-state index contributed by atoms with van der Waals surface area (Å²) >= 11 is 0. The Bertz CT molecular complexity index is 496. The SMILES string of the molecule is Cc1ccccc1CNc1n[nH]c(C(F)F)n1. The molecule has 17 heavy (non-hydrogen) atoms. The van der Waals surface area contributed by atoms with Crippen molar-refractivity contribution in [3.05, 3.63) is 41.2 Å². The highest BCUT2D eigenvalue weighted by Crippen LogP contribution is 2.15. The van der Waals surface area contributed by atoms with Crippen LogP contribution in [0, 0.1) is 6.92 Å². The Hall–Kier alpha value is -1.98. The lowest BCUT2D eigenvalue weighted by molar-refractivity contribution is 0.141. The first kappa shape index (κ1) is 11.5. The van der Waals surface area contributed by atoms with Gasteiger partial charge in [-0.1, -0.05) is 24.3 Å². The Morgan fingerprint density at radius 2 is 2.12 bits per heavy atom. The molecular formula is C11H12F2N4. The Kier molecular flexibility index (Phi) is 3.32. The molecule has 1 aromatic carbocycles. The molecule has 2 N–H and O–H groups in total. The maximum atomic E-state index is 12.2. The third-order valence-electron chi connectivity index (χ3n) is 2.41. The maximum absolute atomic E-state index is 12.2. The lowest BCUT2D eigenvalue weighted by Crippen LogP contribution is -2.02. The Labute approximate surface area is 97.1 Å². The molecule has 0 radical (unpaired) electrons. The second-order valence-corrected chi connectivity index (χ2v) is 3.62. The minimum Gasteiger partial charge on any atom is -0.349 e. The standard InChI is InChI=1S/C11H12F2N4/c1-7-4-2-3-5-8(7)6-14-11-15-10(9(12)13)16-17-11/h2-5,9H,6H2,1H3,(H2,14,15,16,17). The number of hydrogen-bond acceptors (Lipinski definition) is 3. The molecule has 2 rings (SSSR count). The van der Waals surface area contributed by atoms with Crippen LogP contribution in [0.2, 0.25) is 0 Å². The fourth-order valence-corrected chi connectivity index (χ4v) is 1.43. The van der Waals surface area contributed by atoms with Gasteiger partial charge < -0.3 is 5.32 Å². The van der Waals surface area contributed by atoms with E-state index in [1.807, 2.05) is 31.2 Å². The largest absolute Gasteiger partial charge is 0.349 e. The molecule has 1 heterocycles. The van der Waals surface area contributed by atoms with Gasteiger partial charge in [0.05, 0.1) is 0 Å². The van der Waals surface area contributed by atoms with E-state index in [2.05, 4.69) is 20.5 Å². The van der Waals surface area contributed by atoms with Gasteiger partial charge in [0.1, 0.15) is 0 Å². The fourth-order valence-electron chi connectivity index (χ4n) is 1.43. The number of aromatic nitrogens is 3. The van der Waals surface area contributed by atoms with E-state index in [4.69, 9.17) is 0 Å². The van der Waals surface area contributed by atoms with E-state index < -0.39 is 12.2 Å². The zero-order valence-corrected chi connectivity index (χ0v) is 9.24. The van der Waals surface area contributed by atoms with E-state index in [0.29, 0.717) is 6.54 Å². The van der Waals surface area contributed by atoms with Crippen molar-refractivity contribution in [2.75, 3.05) is 5.32 Å². The summed E-state index contributed by atoms with van der Waals surface area (Å²) in [6, 6.07) is 7.82. The summed E-state index contributed by atoms with van der Waals surface area (Å²) < 4.78 is 24.5. The van der Waals surface area contributed by atoms with Crippen molar-refractivity contribution in [2.24, 2.45) is 0 Å². The number of benzene rings is 1. The first-order valence-electron chi connectivity index (χ1n) is 5.15. The Balaban J connectivity index is 2.00. The van der Waals surface area contributed by atoms with E-state index in [1.165, 1.54) is 0 Å². The van der Waals surface area contributed by atoms with E-state index >= 15 is 0 Å². The van der Waals surface area contributed by atoms with Gasteiger partial charge in [-0.05, 0) is 18.1 Å². The molecule has 0 saturated heterocycles. The quantitative estimate of drug-likeness (QED) is 0.861. The van der Waals surface area contributed by atoms with Crippen LogP contribution in [0.25, 0.3) is 0 Å². The van der Waals surface area contributed by atoms with Gasteiger partial charge in [-0.25, -0.2) is 8.78 Å². The summed E-state index contributed by atoms with van der Waals surface area (Å²) in [5.74, 6) is -0.235. The second-order valence-electron chi connectivity index (χ2n) is 3.62. The summed E-state index contributed by atoms with van der Waals surface area (Å²) in [7, 11) is 0. The summed E-state index contributed by atoms with van der Waals surface area (Å²) in [4.78, 5) is 3.63. The first-order chi connectivity index (χ1) is 8.16. The summed E-state index contributed by atoms with van der Waals surface area (Å²) in [5, 5.41) is 8.73. The van der Waals surface area contributed by atoms with Crippen LogP contribution in [-0.2, 0) is 6.54 Å². The van der Waals surface area contributed by atoms with E-state index in [1.54, 1.807) is 0 Å². The van der Waals surface area contributed by atoms with Crippen molar-refractivity contribution in [3.8, 4) is 0 Å². The fraction of sp³-hybridized carbons (Fsp3) is 0.273. The zero-order valence-electron chi connectivity index (χ0n) is 9.24. The number of aromatic amines is 1. The number of nitrogens with zero attached hydrogens (tertiary/aromatic N) is 2. The smallest absolute Gasteiger partial charge is 0.296 e. The molecule has 0 aliphatic rings. The molecule has 0 atom stereocenters. The molecule has 4 nitrogen and oxygen atoms in total. The van der Waals surface area contributed by atoms with Gasteiger partial charge in [0.15, 0.2) is 5.82 Å².